The van der Waals surface area contributed by atoms with E-state index in [-0.39, 0.29) is 5.91 Å². The number of rotatable bonds is 6. The van der Waals surface area contributed by atoms with Crippen LogP contribution in [0.1, 0.15) is 16.4 Å². The largest absolute Gasteiger partial charge is 0.315 e. The number of thiazole rings is 1. The second kappa shape index (κ2) is 7.84. The zero-order valence-corrected chi connectivity index (χ0v) is 14.4. The van der Waals surface area contributed by atoms with Crippen LogP contribution in [0.5, 0.6) is 0 Å². The van der Waals surface area contributed by atoms with Crippen LogP contribution in [0.3, 0.4) is 0 Å². The second-order valence-corrected chi connectivity index (χ2v) is 6.46. The molecule has 3 aromatic rings. The number of amides is 1. The van der Waals surface area contributed by atoms with Gasteiger partial charge >= 0.3 is 0 Å². The predicted octanol–water partition coefficient (Wildman–Crippen LogP) is 3.53. The molecule has 3 rings (SSSR count). The standard InChI is InChI=1S/C19H19N3OS/c1-22(17-8-3-2-4-9-17)19(23)13-16-14-24-18(21-16)11-10-15-7-5-6-12-20-15/h2-9,12,14H,10-11,13H2,1H3. The van der Waals surface area contributed by atoms with Crippen molar-refractivity contribution < 1.29 is 4.79 Å². The molecule has 0 saturated carbocycles. The Morgan fingerprint density at radius 3 is 2.58 bits per heavy atom. The number of pyridine rings is 1. The molecule has 0 radical (unpaired) electrons. The van der Waals surface area contributed by atoms with Crippen LogP contribution in [0.15, 0.2) is 60.1 Å². The van der Waals surface area contributed by atoms with Crippen molar-refractivity contribution in [3.05, 3.63) is 76.5 Å². The van der Waals surface area contributed by atoms with Crippen molar-refractivity contribution in [1.82, 2.24) is 9.97 Å². The minimum absolute atomic E-state index is 0.0442. The average Bonchev–Trinajstić information content (AvgIpc) is 3.08. The van der Waals surface area contributed by atoms with Crippen LogP contribution in [0, 0.1) is 0 Å². The van der Waals surface area contributed by atoms with Crippen LogP contribution < -0.4 is 4.90 Å². The van der Waals surface area contributed by atoms with Gasteiger partial charge < -0.3 is 4.90 Å². The van der Waals surface area contributed by atoms with E-state index in [1.54, 1.807) is 29.5 Å². The number of aromatic nitrogens is 2. The van der Waals surface area contributed by atoms with E-state index in [2.05, 4.69) is 9.97 Å². The van der Waals surface area contributed by atoms with Gasteiger partial charge in [0.05, 0.1) is 17.1 Å². The smallest absolute Gasteiger partial charge is 0.232 e. The highest BCUT2D eigenvalue weighted by Crippen LogP contribution is 2.16. The number of hydrogen-bond donors (Lipinski definition) is 0. The molecule has 1 amide bonds. The highest BCUT2D eigenvalue weighted by Gasteiger charge is 2.13. The molecule has 0 unspecified atom stereocenters. The second-order valence-electron chi connectivity index (χ2n) is 5.52. The Labute approximate surface area is 145 Å². The van der Waals surface area contributed by atoms with Gasteiger partial charge in [0.25, 0.3) is 0 Å². The summed E-state index contributed by atoms with van der Waals surface area (Å²) in [6, 6.07) is 15.6. The Hall–Kier alpha value is -2.53. The van der Waals surface area contributed by atoms with E-state index in [1.165, 1.54) is 0 Å². The molecule has 2 heterocycles. The lowest BCUT2D eigenvalue weighted by Gasteiger charge is -2.16. The van der Waals surface area contributed by atoms with Crippen LogP contribution in [-0.2, 0) is 24.1 Å². The van der Waals surface area contributed by atoms with Crippen LogP contribution in [0.2, 0.25) is 0 Å². The van der Waals surface area contributed by atoms with Crippen molar-refractivity contribution in [3.8, 4) is 0 Å². The summed E-state index contributed by atoms with van der Waals surface area (Å²) in [6.07, 6.45) is 3.85. The van der Waals surface area contributed by atoms with E-state index in [4.69, 9.17) is 0 Å². The number of hydrogen-bond acceptors (Lipinski definition) is 4. The fraction of sp³-hybridized carbons (Fsp3) is 0.211. The predicted molar refractivity (Wildman–Crippen MR) is 97.3 cm³/mol. The van der Waals surface area contributed by atoms with E-state index in [9.17, 15) is 4.79 Å². The summed E-state index contributed by atoms with van der Waals surface area (Å²) >= 11 is 1.61. The number of likely N-dealkylation sites (N-methyl/N-ethyl adjacent to an activating group) is 1. The van der Waals surface area contributed by atoms with Crippen LogP contribution in [0.4, 0.5) is 5.69 Å². The zero-order chi connectivity index (χ0) is 16.8. The highest BCUT2D eigenvalue weighted by atomic mass is 32.1. The first-order valence-corrected chi connectivity index (χ1v) is 8.75. The van der Waals surface area contributed by atoms with E-state index in [1.807, 2.05) is 53.9 Å². The molecule has 0 aliphatic rings. The molecule has 122 valence electrons. The van der Waals surface area contributed by atoms with Crippen LogP contribution in [-0.4, -0.2) is 22.9 Å². The maximum Gasteiger partial charge on any atom is 0.232 e. The minimum Gasteiger partial charge on any atom is -0.315 e. The minimum atomic E-state index is 0.0442. The first-order valence-electron chi connectivity index (χ1n) is 7.87. The Morgan fingerprint density at radius 2 is 1.83 bits per heavy atom. The SMILES string of the molecule is CN(C(=O)Cc1csc(CCc2ccccn2)n1)c1ccccc1. The number of nitrogens with zero attached hydrogens (tertiary/aromatic N) is 3. The Bertz CT molecular complexity index is 787. The van der Waals surface area contributed by atoms with E-state index < -0.39 is 0 Å². The van der Waals surface area contributed by atoms with Gasteiger partial charge in [-0.2, -0.15) is 0 Å². The molecule has 0 atom stereocenters. The van der Waals surface area contributed by atoms with Crippen LogP contribution in [0.25, 0.3) is 0 Å². The van der Waals surface area contributed by atoms with E-state index in [0.717, 1.165) is 34.9 Å². The topological polar surface area (TPSA) is 46.1 Å². The van der Waals surface area contributed by atoms with Gasteiger partial charge in [0.2, 0.25) is 5.91 Å². The van der Waals surface area contributed by atoms with Gasteiger partial charge in [-0.3, -0.25) is 9.78 Å². The molecular weight excluding hydrogens is 318 g/mol. The summed E-state index contributed by atoms with van der Waals surface area (Å²) in [5, 5.41) is 3.02. The average molecular weight is 337 g/mol. The zero-order valence-electron chi connectivity index (χ0n) is 13.6. The van der Waals surface area contributed by atoms with E-state index in [0.29, 0.717) is 6.42 Å². The number of benzene rings is 1. The summed E-state index contributed by atoms with van der Waals surface area (Å²) < 4.78 is 0. The molecule has 4 nitrogen and oxygen atoms in total. The third-order valence-corrected chi connectivity index (χ3v) is 4.73. The molecule has 2 aromatic heterocycles. The number of carbonyl (C=O) groups is 1. The third-order valence-electron chi connectivity index (χ3n) is 3.77. The Kier molecular flexibility index (Phi) is 5.33. The fourth-order valence-corrected chi connectivity index (χ4v) is 3.19. The monoisotopic (exact) mass is 337 g/mol. The molecule has 0 N–H and O–H groups in total. The molecule has 5 heteroatoms. The van der Waals surface area contributed by atoms with Crippen molar-refractivity contribution in [3.63, 3.8) is 0 Å². The normalized spacial score (nSPS) is 10.5. The molecule has 0 fully saturated rings. The first kappa shape index (κ1) is 16.3. The van der Waals surface area contributed by atoms with Gasteiger partial charge in [0, 0.05) is 36.4 Å². The quantitative estimate of drug-likeness (QED) is 0.691. The Morgan fingerprint density at radius 1 is 1.04 bits per heavy atom. The van der Waals surface area contributed by atoms with Gasteiger partial charge in [0.15, 0.2) is 0 Å². The molecule has 1 aromatic carbocycles. The fourth-order valence-electron chi connectivity index (χ4n) is 2.40. The van der Waals surface area contributed by atoms with Crippen molar-refractivity contribution in [1.29, 1.82) is 0 Å². The number of anilines is 1. The number of para-hydroxylation sites is 1. The lowest BCUT2D eigenvalue weighted by Crippen LogP contribution is -2.27. The molecule has 0 saturated heterocycles. The maximum atomic E-state index is 12.4. The highest BCUT2D eigenvalue weighted by molar-refractivity contribution is 7.09. The van der Waals surface area contributed by atoms with Gasteiger partial charge in [-0.25, -0.2) is 4.98 Å². The molecule has 0 aliphatic carbocycles. The first-order chi connectivity index (χ1) is 11.7. The van der Waals surface area contributed by atoms with Gasteiger partial charge in [-0.05, 0) is 30.7 Å². The molecule has 0 spiro atoms. The molecular formula is C19H19N3OS. The summed E-state index contributed by atoms with van der Waals surface area (Å²) in [4.78, 5) is 23.0. The lowest BCUT2D eigenvalue weighted by atomic mass is 10.2. The maximum absolute atomic E-state index is 12.4. The van der Waals surface area contributed by atoms with E-state index >= 15 is 0 Å². The summed E-state index contributed by atoms with van der Waals surface area (Å²) in [5.41, 5.74) is 2.80. The van der Waals surface area contributed by atoms with Crippen molar-refractivity contribution in [2.45, 2.75) is 19.3 Å². The molecule has 24 heavy (non-hydrogen) atoms. The lowest BCUT2D eigenvalue weighted by molar-refractivity contribution is -0.117. The number of aryl methyl sites for hydroxylation is 2. The summed E-state index contributed by atoms with van der Waals surface area (Å²) in [6.45, 7) is 0. The third kappa shape index (κ3) is 4.26. The van der Waals surface area contributed by atoms with Gasteiger partial charge in [0.1, 0.15) is 0 Å². The summed E-state index contributed by atoms with van der Waals surface area (Å²) in [7, 11) is 1.80. The molecule has 0 aliphatic heterocycles. The van der Waals surface area contributed by atoms with Crippen molar-refractivity contribution in [2.24, 2.45) is 0 Å². The van der Waals surface area contributed by atoms with Crippen LogP contribution >= 0.6 is 11.3 Å². The number of carbonyl (C=O) groups excluding carboxylic acids is 1. The van der Waals surface area contributed by atoms with Gasteiger partial charge in [-0.1, -0.05) is 24.3 Å². The summed E-state index contributed by atoms with van der Waals surface area (Å²) in [5.74, 6) is 0.0442. The van der Waals surface area contributed by atoms with Gasteiger partial charge in [-0.15, -0.1) is 11.3 Å². The van der Waals surface area contributed by atoms with Crippen molar-refractivity contribution in [2.75, 3.05) is 11.9 Å². The van der Waals surface area contributed by atoms with Crippen molar-refractivity contribution >= 4 is 22.9 Å². The molecule has 0 bridgehead atoms. The Balaban J connectivity index is 1.56.